The Morgan fingerprint density at radius 2 is 1.84 bits per heavy atom. The topological polar surface area (TPSA) is 74.1 Å². The van der Waals surface area contributed by atoms with E-state index in [1.54, 1.807) is 0 Å². The fourth-order valence-electron chi connectivity index (χ4n) is 3.78. The van der Waals surface area contributed by atoms with Crippen molar-refractivity contribution in [2.24, 2.45) is 15.8 Å². The molecule has 2 aliphatic rings. The van der Waals surface area contributed by atoms with Crippen LogP contribution in [0.25, 0.3) is 0 Å². The summed E-state index contributed by atoms with van der Waals surface area (Å²) in [7, 11) is 1.96. The Morgan fingerprint density at radius 3 is 2.37 bits per heavy atom. The van der Waals surface area contributed by atoms with Gasteiger partial charge in [-0.05, 0) is 52.2 Å². The van der Waals surface area contributed by atoms with Crippen LogP contribution in [0.2, 0.25) is 0 Å². The lowest BCUT2D eigenvalue weighted by atomic mass is 9.70. The molecule has 0 bridgehead atoms. The largest absolute Gasteiger partial charge is 0.315 e. The maximum atomic E-state index is 10.7. The van der Waals surface area contributed by atoms with Crippen molar-refractivity contribution < 1.29 is 0 Å². The van der Waals surface area contributed by atoms with Crippen molar-refractivity contribution in [3.63, 3.8) is 0 Å². The van der Waals surface area contributed by atoms with E-state index < -0.39 is 0 Å². The molecule has 2 rings (SSSR count). The molecule has 1 N–H and O–H groups in total. The zero-order valence-corrected chi connectivity index (χ0v) is 11.7. The predicted molar refractivity (Wildman–Crippen MR) is 75.1 cm³/mol. The average molecular weight is 268 g/mol. The number of hydrogen-bond donors (Lipinski definition) is 1. The Kier molecular flexibility index (Phi) is 4.99. The van der Waals surface area contributed by atoms with Crippen LogP contribution in [0, 0.1) is 15.2 Å². The van der Waals surface area contributed by atoms with E-state index in [4.69, 9.17) is 0 Å². The minimum atomic E-state index is -0.312. The van der Waals surface area contributed by atoms with Gasteiger partial charge in [-0.3, -0.25) is 4.90 Å². The Balaban J connectivity index is 2.06. The Bertz CT molecular complexity index is 308. The second kappa shape index (κ2) is 6.52. The van der Waals surface area contributed by atoms with Crippen LogP contribution in [0.4, 0.5) is 0 Å². The van der Waals surface area contributed by atoms with Crippen molar-refractivity contribution in [2.45, 2.75) is 44.2 Å². The highest BCUT2D eigenvalue weighted by atomic mass is 16.3. The van der Waals surface area contributed by atoms with Gasteiger partial charge in [0.25, 0.3) is 0 Å². The van der Waals surface area contributed by atoms with Gasteiger partial charge < -0.3 is 5.32 Å². The first-order chi connectivity index (χ1) is 9.24. The third kappa shape index (κ3) is 3.17. The second-order valence-electron chi connectivity index (χ2n) is 6.02. The van der Waals surface area contributed by atoms with Gasteiger partial charge in [0.1, 0.15) is 0 Å². The van der Waals surface area contributed by atoms with Crippen LogP contribution in [-0.2, 0) is 0 Å². The van der Waals surface area contributed by atoms with Gasteiger partial charge in [-0.25, -0.2) is 0 Å². The minimum absolute atomic E-state index is 0.212. The zero-order valence-electron chi connectivity index (χ0n) is 11.7. The van der Waals surface area contributed by atoms with E-state index in [2.05, 4.69) is 20.6 Å². The number of nitroso groups, excluding NO2 is 2. The number of likely N-dealkylation sites (tertiary alicyclic amines) is 1. The summed E-state index contributed by atoms with van der Waals surface area (Å²) in [6.45, 7) is 2.77. The first-order valence-electron chi connectivity index (χ1n) is 7.24. The summed E-state index contributed by atoms with van der Waals surface area (Å²) in [5.41, 5.74) is -0.312. The van der Waals surface area contributed by atoms with Gasteiger partial charge in [-0.1, -0.05) is 10.4 Å². The quantitative estimate of drug-likeness (QED) is 0.745. The van der Waals surface area contributed by atoms with E-state index in [0.717, 1.165) is 19.3 Å². The molecule has 2 fully saturated rings. The number of nitrogens with zero attached hydrogens (tertiary/aromatic N) is 3. The summed E-state index contributed by atoms with van der Waals surface area (Å²) in [4.78, 5) is 23.9. The maximum Gasteiger partial charge on any atom is 0.0886 e. The smallest absolute Gasteiger partial charge is 0.0886 e. The monoisotopic (exact) mass is 268 g/mol. The standard InChI is InChI=1S/C13H24N4O2/c1-14-11-8-13(9-15-18,10-16-19)5-4-12(11)17-6-2-3-7-17/h11-12,14H,2-10H2,1H3/t11-,12-/m1/s1. The SMILES string of the molecule is CN[C@@H]1CC(CN=O)(CN=O)CC[C@H]1N1CCCC1. The van der Waals surface area contributed by atoms with Gasteiger partial charge in [0.15, 0.2) is 0 Å². The lowest BCUT2D eigenvalue weighted by Gasteiger charge is -2.45. The summed E-state index contributed by atoms with van der Waals surface area (Å²) in [5, 5.41) is 9.48. The molecule has 0 aromatic heterocycles. The van der Waals surface area contributed by atoms with Gasteiger partial charge in [-0.2, -0.15) is 9.81 Å². The molecular weight excluding hydrogens is 244 g/mol. The Morgan fingerprint density at radius 1 is 1.21 bits per heavy atom. The molecule has 0 aromatic rings. The predicted octanol–water partition coefficient (Wildman–Crippen LogP) is 1.74. The molecule has 0 aromatic carbocycles. The summed E-state index contributed by atoms with van der Waals surface area (Å²) in [6, 6.07) is 0.856. The molecule has 6 heteroatoms. The van der Waals surface area contributed by atoms with E-state index in [1.165, 1.54) is 25.9 Å². The number of rotatable bonds is 6. The van der Waals surface area contributed by atoms with Crippen molar-refractivity contribution in [2.75, 3.05) is 33.2 Å². The third-order valence-corrected chi connectivity index (χ3v) is 4.87. The molecular formula is C13H24N4O2. The highest BCUT2D eigenvalue weighted by Gasteiger charge is 2.43. The fourth-order valence-corrected chi connectivity index (χ4v) is 3.78. The van der Waals surface area contributed by atoms with E-state index >= 15 is 0 Å². The molecule has 0 amide bonds. The van der Waals surface area contributed by atoms with Gasteiger partial charge in [-0.15, -0.1) is 0 Å². The molecule has 1 aliphatic carbocycles. The molecule has 0 spiro atoms. The normalized spacial score (nSPS) is 31.2. The first kappa shape index (κ1) is 14.5. The summed E-state index contributed by atoms with van der Waals surface area (Å²) in [5.74, 6) is 0. The summed E-state index contributed by atoms with van der Waals surface area (Å²) < 4.78 is 0. The van der Waals surface area contributed by atoms with Crippen molar-refractivity contribution in [1.82, 2.24) is 10.2 Å². The van der Waals surface area contributed by atoms with Gasteiger partial charge in [0.2, 0.25) is 0 Å². The molecule has 6 nitrogen and oxygen atoms in total. The first-order valence-corrected chi connectivity index (χ1v) is 7.24. The fraction of sp³-hybridized carbons (Fsp3) is 1.00. The van der Waals surface area contributed by atoms with E-state index in [1.807, 2.05) is 7.05 Å². The third-order valence-electron chi connectivity index (χ3n) is 4.87. The molecule has 108 valence electrons. The summed E-state index contributed by atoms with van der Waals surface area (Å²) >= 11 is 0. The molecule has 1 heterocycles. The highest BCUT2D eigenvalue weighted by Crippen LogP contribution is 2.39. The lowest BCUT2D eigenvalue weighted by Crippen LogP contribution is -2.55. The van der Waals surface area contributed by atoms with E-state index in [-0.39, 0.29) is 18.5 Å². The number of nitrogens with one attached hydrogen (secondary N) is 1. The average Bonchev–Trinajstić information content (AvgIpc) is 2.93. The molecule has 1 saturated heterocycles. The second-order valence-corrected chi connectivity index (χ2v) is 6.02. The van der Waals surface area contributed by atoms with Crippen molar-refractivity contribution in [1.29, 1.82) is 0 Å². The zero-order chi connectivity index (χ0) is 13.7. The van der Waals surface area contributed by atoms with Crippen LogP contribution in [0.3, 0.4) is 0 Å². The van der Waals surface area contributed by atoms with Crippen LogP contribution >= 0.6 is 0 Å². The number of likely N-dealkylation sites (N-methyl/N-ethyl adjacent to an activating group) is 1. The van der Waals surface area contributed by atoms with Crippen molar-refractivity contribution in [3.8, 4) is 0 Å². The van der Waals surface area contributed by atoms with E-state index in [0.29, 0.717) is 12.1 Å². The minimum Gasteiger partial charge on any atom is -0.315 e. The number of hydrogen-bond acceptors (Lipinski definition) is 6. The Hall–Kier alpha value is -0.880. The van der Waals surface area contributed by atoms with Gasteiger partial charge in [0.05, 0.1) is 13.1 Å². The van der Waals surface area contributed by atoms with Crippen LogP contribution in [0.15, 0.2) is 10.4 Å². The van der Waals surface area contributed by atoms with Crippen molar-refractivity contribution >= 4 is 0 Å². The molecule has 0 radical (unpaired) electrons. The molecule has 19 heavy (non-hydrogen) atoms. The highest BCUT2D eigenvalue weighted by molar-refractivity contribution is 4.99. The van der Waals surface area contributed by atoms with Gasteiger partial charge in [0, 0.05) is 17.5 Å². The molecule has 1 aliphatic heterocycles. The Labute approximate surface area is 114 Å². The molecule has 2 atom stereocenters. The van der Waals surface area contributed by atoms with Gasteiger partial charge >= 0.3 is 0 Å². The van der Waals surface area contributed by atoms with Crippen LogP contribution in [0.1, 0.15) is 32.1 Å². The van der Waals surface area contributed by atoms with Crippen molar-refractivity contribution in [3.05, 3.63) is 9.81 Å². The van der Waals surface area contributed by atoms with E-state index in [9.17, 15) is 9.81 Å². The maximum absolute atomic E-state index is 10.7. The van der Waals surface area contributed by atoms with Crippen LogP contribution in [-0.4, -0.2) is 50.2 Å². The lowest BCUT2D eigenvalue weighted by molar-refractivity contribution is 0.0800. The van der Waals surface area contributed by atoms with Crippen LogP contribution in [0.5, 0.6) is 0 Å². The molecule has 1 saturated carbocycles. The van der Waals surface area contributed by atoms with Crippen LogP contribution < -0.4 is 5.32 Å². The summed E-state index contributed by atoms with van der Waals surface area (Å²) in [6.07, 6.45) is 5.29. The molecule has 0 unspecified atom stereocenters.